The van der Waals surface area contributed by atoms with Crippen molar-refractivity contribution in [3.8, 4) is 0 Å². The van der Waals surface area contributed by atoms with E-state index in [4.69, 9.17) is 5.73 Å². The van der Waals surface area contributed by atoms with E-state index in [1.54, 1.807) is 0 Å². The first kappa shape index (κ1) is 14.7. The van der Waals surface area contributed by atoms with E-state index in [0.717, 1.165) is 22.5 Å². The molecular weight excluding hydrogens is 290 g/mol. The number of rotatable bonds is 3. The molecule has 2 rings (SSSR count). The highest BCUT2D eigenvalue weighted by Gasteiger charge is 2.37. The Bertz CT molecular complexity index is 636. The highest BCUT2D eigenvalue weighted by atomic mass is 32.2. The molecule has 1 heterocycles. The van der Waals surface area contributed by atoms with Crippen LogP contribution in [0.5, 0.6) is 0 Å². The van der Waals surface area contributed by atoms with Crippen LogP contribution >= 0.6 is 0 Å². The Hall–Kier alpha value is -1.75. The van der Waals surface area contributed by atoms with Gasteiger partial charge in [-0.3, -0.25) is 10.1 Å². The van der Waals surface area contributed by atoms with Crippen molar-refractivity contribution in [3.05, 3.63) is 28.3 Å². The summed E-state index contributed by atoms with van der Waals surface area (Å²) in [6.07, 6.45) is -2.31. The number of nitrogens with two attached hydrogens (primary N) is 1. The third kappa shape index (κ3) is 2.45. The van der Waals surface area contributed by atoms with Crippen molar-refractivity contribution in [1.82, 2.24) is 4.31 Å². The molecule has 1 aliphatic rings. The fourth-order valence-electron chi connectivity index (χ4n) is 1.94. The normalized spacial score (nSPS) is 23.9. The smallest absolute Gasteiger partial charge is 0.292 e. The molecule has 1 saturated heterocycles. The van der Waals surface area contributed by atoms with Crippen molar-refractivity contribution in [3.63, 3.8) is 0 Å². The molecule has 9 nitrogen and oxygen atoms in total. The maximum atomic E-state index is 12.2. The first-order valence-corrected chi connectivity index (χ1v) is 7.07. The van der Waals surface area contributed by atoms with E-state index in [1.165, 1.54) is 0 Å². The fraction of sp³-hybridized carbons (Fsp3) is 0.400. The van der Waals surface area contributed by atoms with Gasteiger partial charge < -0.3 is 15.9 Å². The standard InChI is InChI=1S/C10H13N3O6S/c11-7-3-6(1-2-8(7)13(16)17)20(18,19)12-4-9(14)10(15)5-12/h1-3,9-10,14-15H,4-5,11H2. The number of aliphatic hydroxyl groups excluding tert-OH is 2. The zero-order valence-electron chi connectivity index (χ0n) is 10.2. The number of anilines is 1. The van der Waals surface area contributed by atoms with Gasteiger partial charge in [0.2, 0.25) is 10.0 Å². The van der Waals surface area contributed by atoms with Gasteiger partial charge in [0, 0.05) is 19.2 Å². The van der Waals surface area contributed by atoms with Crippen LogP contribution in [-0.2, 0) is 10.0 Å². The molecule has 10 heteroatoms. The van der Waals surface area contributed by atoms with Crippen LogP contribution in [0.2, 0.25) is 0 Å². The Kier molecular flexibility index (Phi) is 3.65. The summed E-state index contributed by atoms with van der Waals surface area (Å²) in [7, 11) is -3.96. The second-order valence-corrected chi connectivity index (χ2v) is 6.37. The van der Waals surface area contributed by atoms with Gasteiger partial charge in [0.25, 0.3) is 5.69 Å². The van der Waals surface area contributed by atoms with Crippen LogP contribution < -0.4 is 5.73 Å². The lowest BCUT2D eigenvalue weighted by atomic mass is 10.3. The molecule has 2 atom stereocenters. The Morgan fingerprint density at radius 3 is 2.30 bits per heavy atom. The average molecular weight is 303 g/mol. The van der Waals surface area contributed by atoms with Gasteiger partial charge in [-0.1, -0.05) is 0 Å². The van der Waals surface area contributed by atoms with Gasteiger partial charge in [-0.05, 0) is 12.1 Å². The second kappa shape index (κ2) is 4.98. The number of nitro groups is 1. The maximum Gasteiger partial charge on any atom is 0.292 e. The van der Waals surface area contributed by atoms with E-state index < -0.39 is 27.2 Å². The van der Waals surface area contributed by atoms with Crippen LogP contribution in [0.15, 0.2) is 23.1 Å². The zero-order chi connectivity index (χ0) is 15.1. The molecule has 1 fully saturated rings. The van der Waals surface area contributed by atoms with Crippen molar-refractivity contribution in [2.24, 2.45) is 0 Å². The lowest BCUT2D eigenvalue weighted by Crippen LogP contribution is -2.30. The van der Waals surface area contributed by atoms with Crippen LogP contribution in [0.1, 0.15) is 0 Å². The van der Waals surface area contributed by atoms with Gasteiger partial charge in [-0.25, -0.2) is 8.42 Å². The maximum absolute atomic E-state index is 12.2. The van der Waals surface area contributed by atoms with Crippen molar-refractivity contribution >= 4 is 21.4 Å². The number of benzene rings is 1. The third-order valence-corrected chi connectivity index (χ3v) is 4.89. The molecule has 0 saturated carbocycles. The number of sulfonamides is 1. The Morgan fingerprint density at radius 1 is 1.30 bits per heavy atom. The van der Waals surface area contributed by atoms with Crippen LogP contribution in [0.4, 0.5) is 11.4 Å². The molecule has 0 aliphatic carbocycles. The van der Waals surface area contributed by atoms with Gasteiger partial charge >= 0.3 is 0 Å². The Balaban J connectivity index is 2.36. The van der Waals surface area contributed by atoms with Crippen molar-refractivity contribution in [2.45, 2.75) is 17.1 Å². The topological polar surface area (TPSA) is 147 Å². The third-order valence-electron chi connectivity index (χ3n) is 3.06. The highest BCUT2D eigenvalue weighted by molar-refractivity contribution is 7.89. The van der Waals surface area contributed by atoms with Crippen LogP contribution in [0, 0.1) is 10.1 Å². The molecule has 1 aromatic carbocycles. The number of β-amino-alcohol motifs (C(OH)–C–C–N with tert-alkyl or cyclic N) is 2. The minimum Gasteiger partial charge on any atom is -0.393 e. The average Bonchev–Trinajstić information content (AvgIpc) is 2.69. The molecule has 0 spiro atoms. The summed E-state index contributed by atoms with van der Waals surface area (Å²) in [4.78, 5) is 9.69. The van der Waals surface area contributed by atoms with Gasteiger partial charge in [0.1, 0.15) is 5.69 Å². The highest BCUT2D eigenvalue weighted by Crippen LogP contribution is 2.27. The lowest BCUT2D eigenvalue weighted by Gasteiger charge is -2.15. The molecular formula is C10H13N3O6S. The first-order valence-electron chi connectivity index (χ1n) is 5.63. The van der Waals surface area contributed by atoms with E-state index >= 15 is 0 Å². The lowest BCUT2D eigenvalue weighted by molar-refractivity contribution is -0.383. The number of nitrogen functional groups attached to an aromatic ring is 1. The summed E-state index contributed by atoms with van der Waals surface area (Å²) in [5, 5.41) is 29.4. The summed E-state index contributed by atoms with van der Waals surface area (Å²) in [6, 6.07) is 3.07. The van der Waals surface area contributed by atoms with Gasteiger partial charge in [-0.2, -0.15) is 4.31 Å². The first-order chi connectivity index (χ1) is 9.23. The molecule has 1 aliphatic heterocycles. The molecule has 2 unspecified atom stereocenters. The van der Waals surface area contributed by atoms with Gasteiger partial charge in [0.15, 0.2) is 0 Å². The molecule has 20 heavy (non-hydrogen) atoms. The van der Waals surface area contributed by atoms with Crippen LogP contribution in [-0.4, -0.2) is 53.2 Å². The number of aliphatic hydroxyl groups is 2. The molecule has 110 valence electrons. The van der Waals surface area contributed by atoms with Crippen molar-refractivity contribution < 1.29 is 23.6 Å². The summed E-state index contributed by atoms with van der Waals surface area (Å²) in [5.41, 5.74) is 4.80. The van der Waals surface area contributed by atoms with Crippen molar-refractivity contribution in [2.75, 3.05) is 18.8 Å². The molecule has 0 amide bonds. The molecule has 0 bridgehead atoms. The summed E-state index contributed by atoms with van der Waals surface area (Å²) in [6.45, 7) is -0.471. The quantitative estimate of drug-likeness (QED) is 0.365. The summed E-state index contributed by atoms with van der Waals surface area (Å²) in [5.74, 6) is 0. The minimum atomic E-state index is -3.96. The van der Waals surface area contributed by atoms with E-state index in [9.17, 15) is 28.7 Å². The Morgan fingerprint density at radius 2 is 1.85 bits per heavy atom. The number of hydrogen-bond acceptors (Lipinski definition) is 7. The zero-order valence-corrected chi connectivity index (χ0v) is 11.0. The predicted molar refractivity (Wildman–Crippen MR) is 68.3 cm³/mol. The molecule has 0 radical (unpaired) electrons. The van der Waals surface area contributed by atoms with E-state index in [0.29, 0.717) is 0 Å². The second-order valence-electron chi connectivity index (χ2n) is 4.43. The van der Waals surface area contributed by atoms with E-state index in [2.05, 4.69) is 0 Å². The van der Waals surface area contributed by atoms with Crippen LogP contribution in [0.3, 0.4) is 0 Å². The number of nitro benzene ring substituents is 1. The monoisotopic (exact) mass is 303 g/mol. The molecule has 4 N–H and O–H groups in total. The van der Waals surface area contributed by atoms with Crippen LogP contribution in [0.25, 0.3) is 0 Å². The van der Waals surface area contributed by atoms with E-state index in [1.807, 2.05) is 0 Å². The number of nitrogens with zero attached hydrogens (tertiary/aromatic N) is 2. The molecule has 0 aromatic heterocycles. The minimum absolute atomic E-state index is 0.220. The van der Waals surface area contributed by atoms with Crippen molar-refractivity contribution in [1.29, 1.82) is 0 Å². The fourth-order valence-corrected chi connectivity index (χ4v) is 3.45. The largest absolute Gasteiger partial charge is 0.393 e. The van der Waals surface area contributed by atoms with Gasteiger partial charge in [-0.15, -0.1) is 0 Å². The Labute approximate surface area is 114 Å². The summed E-state index contributed by atoms with van der Waals surface area (Å²) >= 11 is 0. The summed E-state index contributed by atoms with van der Waals surface area (Å²) < 4.78 is 25.4. The number of hydrogen-bond donors (Lipinski definition) is 3. The van der Waals surface area contributed by atoms with E-state index in [-0.39, 0.29) is 29.4 Å². The molecule has 1 aromatic rings. The van der Waals surface area contributed by atoms with Gasteiger partial charge in [0.05, 0.1) is 22.0 Å². The predicted octanol–water partition coefficient (Wildman–Crippen LogP) is -1.10. The SMILES string of the molecule is Nc1cc(S(=O)(=O)N2CC(O)C(O)C2)ccc1[N+](=O)[O-].